The summed E-state index contributed by atoms with van der Waals surface area (Å²) in [6.07, 6.45) is 2.77. The molecule has 0 aliphatic carbocycles. The summed E-state index contributed by atoms with van der Waals surface area (Å²) in [5.41, 5.74) is 8.57. The van der Waals surface area contributed by atoms with Gasteiger partial charge in [-0.2, -0.15) is 0 Å². The molecular formula is C31H33N5O2S. The number of hydrogen-bond acceptors (Lipinski definition) is 4. The van der Waals surface area contributed by atoms with E-state index in [0.717, 1.165) is 23.5 Å². The molecule has 4 aromatic rings. The van der Waals surface area contributed by atoms with E-state index in [1.807, 2.05) is 48.7 Å². The van der Waals surface area contributed by atoms with Crippen LogP contribution < -0.4 is 15.5 Å². The molecule has 0 radical (unpaired) electrons. The van der Waals surface area contributed by atoms with Gasteiger partial charge in [0.05, 0.1) is 17.8 Å². The predicted molar refractivity (Wildman–Crippen MR) is 160 cm³/mol. The Hall–Kier alpha value is -4.01. The summed E-state index contributed by atoms with van der Waals surface area (Å²) >= 11 is 5.92. The first kappa shape index (κ1) is 26.6. The van der Waals surface area contributed by atoms with E-state index in [9.17, 15) is 4.79 Å². The summed E-state index contributed by atoms with van der Waals surface area (Å²) in [5.74, 6) is -0.198. The van der Waals surface area contributed by atoms with Crippen LogP contribution in [0.1, 0.15) is 47.2 Å². The number of anilines is 2. The largest absolute Gasteiger partial charge is 0.375 e. The number of amides is 1. The van der Waals surface area contributed by atoms with Crippen molar-refractivity contribution in [1.82, 2.24) is 14.9 Å². The van der Waals surface area contributed by atoms with Gasteiger partial charge in [-0.05, 0) is 92.1 Å². The van der Waals surface area contributed by atoms with E-state index in [1.165, 1.54) is 29.6 Å². The molecule has 2 atom stereocenters. The third-order valence-electron chi connectivity index (χ3n) is 7.21. The van der Waals surface area contributed by atoms with Crippen molar-refractivity contribution < 1.29 is 9.53 Å². The molecule has 7 nitrogen and oxygen atoms in total. The Morgan fingerprint density at radius 1 is 1.08 bits per heavy atom. The normalized spacial score (nSPS) is 16.8. The Morgan fingerprint density at radius 2 is 1.82 bits per heavy atom. The molecule has 39 heavy (non-hydrogen) atoms. The first-order valence-electron chi connectivity index (χ1n) is 13.1. The molecule has 1 aliphatic heterocycles. The Balaban J connectivity index is 1.60. The molecule has 0 bridgehead atoms. The molecule has 0 saturated carbocycles. The molecule has 200 valence electrons. The molecule has 1 aliphatic rings. The first-order valence-corrected chi connectivity index (χ1v) is 13.5. The number of hydrogen-bond donors (Lipinski definition) is 2. The second-order valence-corrected chi connectivity index (χ2v) is 10.1. The highest BCUT2D eigenvalue weighted by atomic mass is 32.1. The standard InChI is InChI=1S/C31H33N5O2S/c1-5-22-10-6-7-12-27(22)35-20(2)18-25(21(35)3)30-29(26-11-8-9-17-32-26)34-31(39)36(30)24-15-13-23(14-16-24)33-28(37)19-38-4/h6-18,29-30H,5,19H2,1-4H3,(H,33,37)(H,34,39)/t29-,30-/m0/s1. The van der Waals surface area contributed by atoms with Gasteiger partial charge in [-0.1, -0.05) is 31.2 Å². The monoisotopic (exact) mass is 539 g/mol. The fourth-order valence-corrected chi connectivity index (χ4v) is 5.81. The molecule has 5 rings (SSSR count). The van der Waals surface area contributed by atoms with Gasteiger partial charge in [0.25, 0.3) is 0 Å². The minimum absolute atomic E-state index is 0.00644. The van der Waals surface area contributed by atoms with Gasteiger partial charge in [0, 0.05) is 41.8 Å². The van der Waals surface area contributed by atoms with Gasteiger partial charge in [-0.15, -0.1) is 0 Å². The molecule has 3 heterocycles. The summed E-state index contributed by atoms with van der Waals surface area (Å²) in [4.78, 5) is 18.8. The van der Waals surface area contributed by atoms with Crippen molar-refractivity contribution in [3.8, 4) is 5.69 Å². The van der Waals surface area contributed by atoms with Crippen LogP contribution in [-0.2, 0) is 16.0 Å². The van der Waals surface area contributed by atoms with Crippen LogP contribution in [0.3, 0.4) is 0 Å². The number of aryl methyl sites for hydroxylation is 2. The zero-order valence-electron chi connectivity index (χ0n) is 22.6. The fourth-order valence-electron chi connectivity index (χ4n) is 5.47. The van der Waals surface area contributed by atoms with E-state index in [2.05, 4.69) is 71.2 Å². The van der Waals surface area contributed by atoms with Crippen LogP contribution >= 0.6 is 12.2 Å². The summed E-state index contributed by atoms with van der Waals surface area (Å²) in [6, 6.07) is 24.3. The number of carbonyl (C=O) groups excluding carboxylic acids is 1. The molecule has 2 N–H and O–H groups in total. The van der Waals surface area contributed by atoms with E-state index >= 15 is 0 Å². The van der Waals surface area contributed by atoms with Crippen LogP contribution in [-0.4, -0.2) is 34.3 Å². The Labute approximate surface area is 234 Å². The number of carbonyl (C=O) groups is 1. The second-order valence-electron chi connectivity index (χ2n) is 9.67. The van der Waals surface area contributed by atoms with Crippen molar-refractivity contribution in [2.75, 3.05) is 23.9 Å². The third kappa shape index (κ3) is 5.17. The molecule has 0 spiro atoms. The molecular weight excluding hydrogens is 506 g/mol. The minimum Gasteiger partial charge on any atom is -0.375 e. The van der Waals surface area contributed by atoms with Crippen LogP contribution in [0.5, 0.6) is 0 Å². The molecule has 0 unspecified atom stereocenters. The maximum atomic E-state index is 12.0. The zero-order chi connectivity index (χ0) is 27.5. The molecule has 1 saturated heterocycles. The Kier molecular flexibility index (Phi) is 7.77. The van der Waals surface area contributed by atoms with E-state index in [1.54, 1.807) is 0 Å². The minimum atomic E-state index is -0.198. The highest BCUT2D eigenvalue weighted by molar-refractivity contribution is 7.80. The van der Waals surface area contributed by atoms with Crippen molar-refractivity contribution in [3.63, 3.8) is 0 Å². The Morgan fingerprint density at radius 3 is 2.51 bits per heavy atom. The lowest BCUT2D eigenvalue weighted by Gasteiger charge is -2.28. The van der Waals surface area contributed by atoms with Gasteiger partial charge in [0.1, 0.15) is 6.61 Å². The first-order chi connectivity index (χ1) is 18.9. The lowest BCUT2D eigenvalue weighted by atomic mass is 9.96. The van der Waals surface area contributed by atoms with E-state index < -0.39 is 0 Å². The van der Waals surface area contributed by atoms with Gasteiger partial charge < -0.3 is 24.8 Å². The number of nitrogens with one attached hydrogen (secondary N) is 2. The number of rotatable bonds is 8. The maximum absolute atomic E-state index is 12.0. The van der Waals surface area contributed by atoms with E-state index in [4.69, 9.17) is 21.9 Å². The van der Waals surface area contributed by atoms with Crippen molar-refractivity contribution in [2.45, 2.75) is 39.3 Å². The number of benzene rings is 2. The number of thiocarbonyl (C=S) groups is 1. The summed E-state index contributed by atoms with van der Waals surface area (Å²) in [6.45, 7) is 6.53. The average molecular weight is 540 g/mol. The number of aromatic nitrogens is 2. The molecule has 2 aromatic heterocycles. The van der Waals surface area contributed by atoms with Gasteiger partial charge in [0.2, 0.25) is 5.91 Å². The van der Waals surface area contributed by atoms with Crippen molar-refractivity contribution >= 4 is 34.6 Å². The number of ether oxygens (including phenoxy) is 1. The van der Waals surface area contributed by atoms with Crippen LogP contribution in [0.25, 0.3) is 5.69 Å². The number of nitrogens with zero attached hydrogens (tertiary/aromatic N) is 3. The van der Waals surface area contributed by atoms with Crippen molar-refractivity contribution in [2.24, 2.45) is 0 Å². The highest BCUT2D eigenvalue weighted by Gasteiger charge is 2.42. The third-order valence-corrected chi connectivity index (χ3v) is 7.52. The fraction of sp³-hybridized carbons (Fsp3) is 0.258. The number of methoxy groups -OCH3 is 1. The number of para-hydroxylation sites is 1. The highest BCUT2D eigenvalue weighted by Crippen LogP contribution is 2.44. The van der Waals surface area contributed by atoms with E-state index in [0.29, 0.717) is 10.8 Å². The van der Waals surface area contributed by atoms with Gasteiger partial charge in [0.15, 0.2) is 5.11 Å². The Bertz CT molecular complexity index is 1480. The van der Waals surface area contributed by atoms with E-state index in [-0.39, 0.29) is 24.6 Å². The van der Waals surface area contributed by atoms with Gasteiger partial charge in [-0.3, -0.25) is 9.78 Å². The summed E-state index contributed by atoms with van der Waals surface area (Å²) < 4.78 is 7.27. The van der Waals surface area contributed by atoms with Crippen LogP contribution in [0.4, 0.5) is 11.4 Å². The molecule has 8 heteroatoms. The SMILES string of the molecule is CCc1ccccc1-n1c(C)cc([C@H]2[C@H](c3ccccn3)NC(=S)N2c2ccc(NC(=O)COC)cc2)c1C. The predicted octanol–water partition coefficient (Wildman–Crippen LogP) is 5.81. The van der Waals surface area contributed by atoms with Gasteiger partial charge in [-0.25, -0.2) is 0 Å². The second kappa shape index (κ2) is 11.4. The average Bonchev–Trinajstić information content (AvgIpc) is 3.44. The van der Waals surface area contributed by atoms with Crippen LogP contribution in [0.15, 0.2) is 79.0 Å². The quantitative estimate of drug-likeness (QED) is 0.275. The maximum Gasteiger partial charge on any atom is 0.250 e. The summed E-state index contributed by atoms with van der Waals surface area (Å²) in [5, 5.41) is 7.03. The zero-order valence-corrected chi connectivity index (χ0v) is 23.5. The lowest BCUT2D eigenvalue weighted by Crippen LogP contribution is -2.29. The van der Waals surface area contributed by atoms with Crippen LogP contribution in [0, 0.1) is 13.8 Å². The van der Waals surface area contributed by atoms with Crippen LogP contribution in [0.2, 0.25) is 0 Å². The molecule has 1 fully saturated rings. The topological polar surface area (TPSA) is 71.4 Å². The van der Waals surface area contributed by atoms with Crippen molar-refractivity contribution in [1.29, 1.82) is 0 Å². The smallest absolute Gasteiger partial charge is 0.250 e. The lowest BCUT2D eigenvalue weighted by molar-refractivity contribution is -0.119. The van der Waals surface area contributed by atoms with Crippen molar-refractivity contribution in [3.05, 3.63) is 107 Å². The number of pyridine rings is 1. The summed E-state index contributed by atoms with van der Waals surface area (Å²) in [7, 11) is 1.50. The molecule has 2 aromatic carbocycles. The molecule has 1 amide bonds. The van der Waals surface area contributed by atoms with Gasteiger partial charge >= 0.3 is 0 Å².